The van der Waals surface area contributed by atoms with Gasteiger partial charge in [-0.15, -0.1) is 0 Å². The van der Waals surface area contributed by atoms with Crippen molar-refractivity contribution in [2.45, 2.75) is 53.0 Å². The number of hydrogen-bond donors (Lipinski definition) is 1. The summed E-state index contributed by atoms with van der Waals surface area (Å²) in [6.07, 6.45) is 4.05. The Morgan fingerprint density at radius 3 is 2.63 bits per heavy atom. The minimum atomic E-state index is 0.623. The van der Waals surface area contributed by atoms with E-state index in [1.165, 1.54) is 35.0 Å². The van der Waals surface area contributed by atoms with Gasteiger partial charge in [-0.05, 0) is 55.2 Å². The molecule has 1 aromatic carbocycles. The summed E-state index contributed by atoms with van der Waals surface area (Å²) in [6.45, 7) is 9.24. The second-order valence-corrected chi connectivity index (χ2v) is 7.40. The van der Waals surface area contributed by atoms with Gasteiger partial charge in [-0.25, -0.2) is 0 Å². The van der Waals surface area contributed by atoms with Gasteiger partial charge in [0.05, 0.1) is 0 Å². The number of halogens is 1. The maximum atomic E-state index is 3.78. The fourth-order valence-electron chi connectivity index (χ4n) is 3.26. The molecule has 0 saturated heterocycles. The zero-order chi connectivity index (χ0) is 14.0. The van der Waals surface area contributed by atoms with Crippen molar-refractivity contribution >= 4 is 21.6 Å². The van der Waals surface area contributed by atoms with Crippen LogP contribution in [0, 0.1) is 24.7 Å². The molecule has 2 rings (SSSR count). The molecule has 3 unspecified atom stereocenters. The summed E-state index contributed by atoms with van der Waals surface area (Å²) in [5, 5.41) is 3.78. The molecule has 1 aliphatic carbocycles. The van der Waals surface area contributed by atoms with Crippen LogP contribution in [0.5, 0.6) is 0 Å². The number of rotatable bonds is 3. The van der Waals surface area contributed by atoms with E-state index in [1.807, 2.05) is 0 Å². The molecule has 0 heterocycles. The molecule has 106 valence electrons. The molecule has 1 aliphatic rings. The second-order valence-electron chi connectivity index (χ2n) is 6.54. The van der Waals surface area contributed by atoms with E-state index < -0.39 is 0 Å². The maximum Gasteiger partial charge on any atom is 0.0353 e. The molecule has 0 spiro atoms. The third kappa shape index (κ3) is 3.75. The third-order valence-corrected chi connectivity index (χ3v) is 5.40. The summed E-state index contributed by atoms with van der Waals surface area (Å²) >= 11 is 3.63. The first-order valence-corrected chi connectivity index (χ1v) is 8.29. The molecule has 0 aromatic heterocycles. The van der Waals surface area contributed by atoms with Crippen molar-refractivity contribution in [2.24, 2.45) is 17.8 Å². The lowest BCUT2D eigenvalue weighted by Crippen LogP contribution is -2.37. The minimum absolute atomic E-state index is 0.623. The molecule has 1 saturated carbocycles. The highest BCUT2D eigenvalue weighted by Crippen LogP contribution is 2.35. The molecule has 19 heavy (non-hydrogen) atoms. The standard InChI is InChI=1S/C17H26BrN/c1-11(2)15-8-5-12(3)9-17(15)19-14-7-6-13(4)16(18)10-14/h6-7,10-12,15,17,19H,5,8-9H2,1-4H3. The van der Waals surface area contributed by atoms with Crippen LogP contribution >= 0.6 is 15.9 Å². The van der Waals surface area contributed by atoms with E-state index in [4.69, 9.17) is 0 Å². The Bertz CT molecular complexity index is 427. The average molecular weight is 324 g/mol. The van der Waals surface area contributed by atoms with E-state index in [-0.39, 0.29) is 0 Å². The lowest BCUT2D eigenvalue weighted by molar-refractivity contribution is 0.212. The number of benzene rings is 1. The molecule has 1 fully saturated rings. The summed E-state index contributed by atoms with van der Waals surface area (Å²) in [6, 6.07) is 7.23. The Kier molecular flexibility index (Phi) is 4.94. The van der Waals surface area contributed by atoms with E-state index in [0.717, 1.165) is 17.8 Å². The molecule has 0 radical (unpaired) electrons. The Morgan fingerprint density at radius 1 is 1.26 bits per heavy atom. The van der Waals surface area contributed by atoms with Crippen LogP contribution in [0.4, 0.5) is 5.69 Å². The van der Waals surface area contributed by atoms with Crippen LogP contribution in [-0.4, -0.2) is 6.04 Å². The summed E-state index contributed by atoms with van der Waals surface area (Å²) in [5.41, 5.74) is 2.55. The van der Waals surface area contributed by atoms with E-state index in [0.29, 0.717) is 6.04 Å². The Balaban J connectivity index is 2.11. The predicted octanol–water partition coefficient (Wildman–Crippen LogP) is 5.63. The predicted molar refractivity (Wildman–Crippen MR) is 87.6 cm³/mol. The number of anilines is 1. The lowest BCUT2D eigenvalue weighted by Gasteiger charge is -2.38. The van der Waals surface area contributed by atoms with Crippen molar-refractivity contribution in [3.05, 3.63) is 28.2 Å². The fourth-order valence-corrected chi connectivity index (χ4v) is 3.64. The summed E-state index contributed by atoms with van der Waals surface area (Å²) in [7, 11) is 0. The van der Waals surface area contributed by atoms with Crippen LogP contribution in [0.1, 0.15) is 45.6 Å². The van der Waals surface area contributed by atoms with Gasteiger partial charge >= 0.3 is 0 Å². The molecule has 1 aromatic rings. The lowest BCUT2D eigenvalue weighted by atomic mass is 9.74. The van der Waals surface area contributed by atoms with Crippen molar-refractivity contribution in [3.63, 3.8) is 0 Å². The van der Waals surface area contributed by atoms with Crippen LogP contribution < -0.4 is 5.32 Å². The highest BCUT2D eigenvalue weighted by molar-refractivity contribution is 9.10. The van der Waals surface area contributed by atoms with Gasteiger partial charge in [0.25, 0.3) is 0 Å². The second kappa shape index (κ2) is 6.30. The molecular weight excluding hydrogens is 298 g/mol. The van der Waals surface area contributed by atoms with Crippen molar-refractivity contribution < 1.29 is 0 Å². The van der Waals surface area contributed by atoms with Gasteiger partial charge in [0, 0.05) is 16.2 Å². The van der Waals surface area contributed by atoms with E-state index >= 15 is 0 Å². The Hall–Kier alpha value is -0.500. The van der Waals surface area contributed by atoms with Gasteiger partial charge < -0.3 is 5.32 Å². The molecule has 0 bridgehead atoms. The molecule has 1 nitrogen and oxygen atoms in total. The molecule has 3 atom stereocenters. The first-order chi connectivity index (χ1) is 8.97. The van der Waals surface area contributed by atoms with Crippen molar-refractivity contribution in [1.82, 2.24) is 0 Å². The number of hydrogen-bond acceptors (Lipinski definition) is 1. The zero-order valence-corrected chi connectivity index (χ0v) is 14.1. The largest absolute Gasteiger partial charge is 0.382 e. The van der Waals surface area contributed by atoms with Crippen LogP contribution in [0.2, 0.25) is 0 Å². The van der Waals surface area contributed by atoms with Gasteiger partial charge in [0.15, 0.2) is 0 Å². The number of nitrogens with one attached hydrogen (secondary N) is 1. The number of aryl methyl sites for hydroxylation is 1. The Labute approximate surface area is 126 Å². The van der Waals surface area contributed by atoms with Crippen LogP contribution in [0.25, 0.3) is 0 Å². The minimum Gasteiger partial charge on any atom is -0.382 e. The topological polar surface area (TPSA) is 12.0 Å². The normalized spacial score (nSPS) is 27.6. The van der Waals surface area contributed by atoms with Gasteiger partial charge in [-0.2, -0.15) is 0 Å². The van der Waals surface area contributed by atoms with Crippen LogP contribution in [0.3, 0.4) is 0 Å². The third-order valence-electron chi connectivity index (χ3n) is 4.55. The fraction of sp³-hybridized carbons (Fsp3) is 0.647. The molecular formula is C17H26BrN. The van der Waals surface area contributed by atoms with Crippen molar-refractivity contribution in [2.75, 3.05) is 5.32 Å². The van der Waals surface area contributed by atoms with Gasteiger partial charge in [0.1, 0.15) is 0 Å². The average Bonchev–Trinajstić information content (AvgIpc) is 2.33. The first-order valence-electron chi connectivity index (χ1n) is 7.50. The molecule has 0 aliphatic heterocycles. The summed E-state index contributed by atoms with van der Waals surface area (Å²) in [4.78, 5) is 0. The van der Waals surface area contributed by atoms with E-state index in [1.54, 1.807) is 0 Å². The van der Waals surface area contributed by atoms with E-state index in [9.17, 15) is 0 Å². The monoisotopic (exact) mass is 323 g/mol. The quantitative estimate of drug-likeness (QED) is 0.760. The molecule has 2 heteroatoms. The van der Waals surface area contributed by atoms with E-state index in [2.05, 4.69) is 67.1 Å². The van der Waals surface area contributed by atoms with Gasteiger partial charge in [-0.3, -0.25) is 0 Å². The molecule has 1 N–H and O–H groups in total. The van der Waals surface area contributed by atoms with Crippen molar-refractivity contribution in [3.8, 4) is 0 Å². The zero-order valence-electron chi connectivity index (χ0n) is 12.5. The van der Waals surface area contributed by atoms with Gasteiger partial charge in [-0.1, -0.05) is 49.2 Å². The SMILES string of the molecule is Cc1ccc(NC2CC(C)CCC2C(C)C)cc1Br. The van der Waals surface area contributed by atoms with Crippen LogP contribution in [-0.2, 0) is 0 Å². The molecule has 0 amide bonds. The maximum absolute atomic E-state index is 3.78. The highest BCUT2D eigenvalue weighted by Gasteiger charge is 2.30. The highest BCUT2D eigenvalue weighted by atomic mass is 79.9. The summed E-state index contributed by atoms with van der Waals surface area (Å²) in [5.74, 6) is 2.41. The smallest absolute Gasteiger partial charge is 0.0353 e. The first kappa shape index (κ1) is 14.9. The summed E-state index contributed by atoms with van der Waals surface area (Å²) < 4.78 is 1.20. The van der Waals surface area contributed by atoms with Crippen molar-refractivity contribution in [1.29, 1.82) is 0 Å². The van der Waals surface area contributed by atoms with Crippen LogP contribution in [0.15, 0.2) is 22.7 Å². The Morgan fingerprint density at radius 2 is 2.00 bits per heavy atom. The van der Waals surface area contributed by atoms with Gasteiger partial charge in [0.2, 0.25) is 0 Å².